The molecule has 0 aliphatic heterocycles. The second-order valence-electron chi connectivity index (χ2n) is 6.54. The third kappa shape index (κ3) is 7.17. The highest BCUT2D eigenvalue weighted by atomic mass is 35.5. The van der Waals surface area contributed by atoms with Crippen LogP contribution in [0, 0.1) is 5.82 Å². The van der Waals surface area contributed by atoms with Crippen molar-refractivity contribution < 1.29 is 36.7 Å². The summed E-state index contributed by atoms with van der Waals surface area (Å²) in [5.41, 5.74) is -0.713. The fourth-order valence-corrected chi connectivity index (χ4v) is 3.59. The quantitative estimate of drug-likeness (QED) is 0.181. The van der Waals surface area contributed by atoms with Crippen LogP contribution in [0.2, 0.25) is 5.02 Å². The number of nitrogens with zero attached hydrogens (tertiary/aromatic N) is 3. The number of rotatable bonds is 8. The summed E-state index contributed by atoms with van der Waals surface area (Å²) < 4.78 is 58.1. The number of anilines is 1. The highest BCUT2D eigenvalue weighted by molar-refractivity contribution is 7.99. The number of ketones is 1. The molecule has 0 aliphatic carbocycles. The Hall–Kier alpha value is -3.16. The number of halogens is 5. The Kier molecular flexibility index (Phi) is 9.01. The van der Waals surface area contributed by atoms with Gasteiger partial charge in [0.2, 0.25) is 5.88 Å². The number of carbonyl (C=O) groups excluding carboxylic acids is 3. The molecule has 3 amide bonds. The average molecular weight is 521 g/mol. The largest absolute Gasteiger partial charge is 0.469 e. The number of amides is 3. The zero-order valence-corrected chi connectivity index (χ0v) is 19.0. The van der Waals surface area contributed by atoms with Crippen molar-refractivity contribution in [1.29, 1.82) is 0 Å². The van der Waals surface area contributed by atoms with E-state index in [-0.39, 0.29) is 38.1 Å². The first kappa shape index (κ1) is 27.1. The summed E-state index contributed by atoms with van der Waals surface area (Å²) in [6.07, 6.45) is -2.87. The molecule has 0 bridgehead atoms. The van der Waals surface area contributed by atoms with Gasteiger partial charge in [-0.05, 0) is 37.3 Å². The molecule has 0 aliphatic rings. The molecule has 0 radical (unpaired) electrons. The average Bonchev–Trinajstić information content (AvgIpc) is 2.74. The maximum Gasteiger partial charge on any atom is 0.407 e. The Balaban J connectivity index is 2.49. The van der Waals surface area contributed by atoms with Gasteiger partial charge < -0.3 is 4.74 Å². The lowest BCUT2D eigenvalue weighted by molar-refractivity contribution is -0.140. The molecule has 1 heterocycles. The summed E-state index contributed by atoms with van der Waals surface area (Å²) in [4.78, 5) is 40.6. The summed E-state index contributed by atoms with van der Waals surface area (Å²) in [6.45, 7) is 2.32. The molecule has 1 aromatic heterocycles. The van der Waals surface area contributed by atoms with Crippen LogP contribution in [0.15, 0.2) is 52.9 Å². The van der Waals surface area contributed by atoms with Gasteiger partial charge in [-0.25, -0.2) is 24.9 Å². The molecule has 0 fully saturated rings. The van der Waals surface area contributed by atoms with E-state index in [4.69, 9.17) is 22.2 Å². The van der Waals surface area contributed by atoms with Gasteiger partial charge in [-0.1, -0.05) is 29.9 Å². The minimum atomic E-state index is -4.87. The predicted octanol–water partition coefficient (Wildman–Crippen LogP) is 4.37. The van der Waals surface area contributed by atoms with Crippen LogP contribution in [-0.2, 0) is 9.59 Å². The molecule has 0 atom stereocenters. The van der Waals surface area contributed by atoms with Crippen molar-refractivity contribution in [2.24, 2.45) is 5.84 Å². The number of hydrazine groups is 1. The van der Waals surface area contributed by atoms with E-state index in [2.05, 4.69) is 11.6 Å². The smallest absolute Gasteiger partial charge is 0.407 e. The zero-order chi connectivity index (χ0) is 25.6. The predicted molar refractivity (Wildman–Crippen MR) is 116 cm³/mol. The van der Waals surface area contributed by atoms with E-state index in [9.17, 15) is 31.9 Å². The maximum absolute atomic E-state index is 14.7. The normalized spacial score (nSPS) is 11.0. The third-order valence-corrected chi connectivity index (χ3v) is 5.31. The minimum absolute atomic E-state index is 0.0538. The van der Waals surface area contributed by atoms with Gasteiger partial charge in [-0.3, -0.25) is 14.6 Å². The molecule has 0 unspecified atom stereocenters. The van der Waals surface area contributed by atoms with Crippen molar-refractivity contribution in [3.8, 4) is 5.88 Å². The molecule has 8 nitrogen and oxygen atoms in total. The van der Waals surface area contributed by atoms with Gasteiger partial charge in [0.25, 0.3) is 5.91 Å². The Morgan fingerprint density at radius 1 is 1.29 bits per heavy atom. The first-order valence-electron chi connectivity index (χ1n) is 9.17. The Bertz CT molecular complexity index is 1120. The van der Waals surface area contributed by atoms with Crippen LogP contribution in [0.4, 0.5) is 28.0 Å². The number of benzene rings is 1. The van der Waals surface area contributed by atoms with Gasteiger partial charge in [0.15, 0.2) is 5.78 Å². The molecule has 2 N–H and O–H groups in total. The first-order chi connectivity index (χ1) is 15.8. The molecule has 2 rings (SSSR count). The van der Waals surface area contributed by atoms with Crippen LogP contribution in [0.25, 0.3) is 0 Å². The number of alkyl halides is 3. The topological polar surface area (TPSA) is 106 Å². The van der Waals surface area contributed by atoms with Gasteiger partial charge in [0.1, 0.15) is 19.0 Å². The third-order valence-electron chi connectivity index (χ3n) is 3.79. The molecular weight excluding hydrogens is 504 g/mol. The number of urea groups is 1. The van der Waals surface area contributed by atoms with Gasteiger partial charge in [0.05, 0.1) is 15.6 Å². The summed E-state index contributed by atoms with van der Waals surface area (Å²) in [5, 5.41) is -0.428. The van der Waals surface area contributed by atoms with E-state index < -0.39 is 36.2 Å². The van der Waals surface area contributed by atoms with Gasteiger partial charge >= 0.3 is 12.2 Å². The monoisotopic (exact) mass is 520 g/mol. The molecule has 2 aromatic rings. The Morgan fingerprint density at radius 3 is 2.56 bits per heavy atom. The Labute approximate surface area is 200 Å². The molecular formula is C20H17ClF4N4O4S. The van der Waals surface area contributed by atoms with Gasteiger partial charge in [-0.2, -0.15) is 13.2 Å². The van der Waals surface area contributed by atoms with Crippen LogP contribution < -0.4 is 15.5 Å². The van der Waals surface area contributed by atoms with E-state index in [1.54, 1.807) is 12.1 Å². The highest BCUT2D eigenvalue weighted by Gasteiger charge is 2.36. The lowest BCUT2D eigenvalue weighted by Crippen LogP contribution is -2.52. The number of imide groups is 1. The molecule has 34 heavy (non-hydrogen) atoms. The number of ether oxygens (including phenoxy) is 1. The molecule has 182 valence electrons. The fraction of sp³-hybridized carbons (Fsp3) is 0.200. The van der Waals surface area contributed by atoms with Crippen LogP contribution in [-0.4, -0.2) is 47.0 Å². The second kappa shape index (κ2) is 11.3. The van der Waals surface area contributed by atoms with E-state index in [1.807, 2.05) is 0 Å². The second-order valence-corrected chi connectivity index (χ2v) is 8.03. The summed E-state index contributed by atoms with van der Waals surface area (Å²) in [5.74, 6) is 2.55. The van der Waals surface area contributed by atoms with Gasteiger partial charge in [0, 0.05) is 11.1 Å². The molecule has 0 saturated carbocycles. The molecule has 1 aromatic carbocycles. The van der Waals surface area contributed by atoms with E-state index in [0.717, 1.165) is 23.9 Å². The summed E-state index contributed by atoms with van der Waals surface area (Å²) >= 11 is 6.99. The lowest BCUT2D eigenvalue weighted by atomic mass is 10.2. The van der Waals surface area contributed by atoms with E-state index >= 15 is 0 Å². The fourth-order valence-electron chi connectivity index (χ4n) is 2.42. The summed E-state index contributed by atoms with van der Waals surface area (Å²) in [7, 11) is 0. The van der Waals surface area contributed by atoms with Crippen LogP contribution in [0.5, 0.6) is 5.88 Å². The zero-order valence-electron chi connectivity index (χ0n) is 17.4. The van der Waals surface area contributed by atoms with Crippen molar-refractivity contribution in [2.45, 2.75) is 22.9 Å². The number of pyridine rings is 1. The van der Waals surface area contributed by atoms with Crippen molar-refractivity contribution in [2.75, 3.05) is 18.1 Å². The number of hydrogen-bond acceptors (Lipinski definition) is 7. The minimum Gasteiger partial charge on any atom is -0.469 e. The van der Waals surface area contributed by atoms with Crippen molar-refractivity contribution in [3.05, 3.63) is 54.0 Å². The molecule has 14 heteroatoms. The van der Waals surface area contributed by atoms with Crippen molar-refractivity contribution in [1.82, 2.24) is 9.99 Å². The SMILES string of the molecule is C=CC(=O)N(C(=O)N(N)CC(F)(F)F)c1cc(Sc2cccnc2OCC(C)=O)c(Cl)cc1F. The molecule has 0 spiro atoms. The van der Waals surface area contributed by atoms with E-state index in [1.165, 1.54) is 13.1 Å². The van der Waals surface area contributed by atoms with Crippen molar-refractivity contribution in [3.63, 3.8) is 0 Å². The maximum atomic E-state index is 14.7. The van der Waals surface area contributed by atoms with Crippen LogP contribution in [0.3, 0.4) is 0 Å². The lowest BCUT2D eigenvalue weighted by Gasteiger charge is -2.26. The van der Waals surface area contributed by atoms with Gasteiger partial charge in [-0.15, -0.1) is 0 Å². The number of nitrogens with two attached hydrogens (primary N) is 1. The van der Waals surface area contributed by atoms with Crippen molar-refractivity contribution >= 4 is 46.8 Å². The highest BCUT2D eigenvalue weighted by Crippen LogP contribution is 2.40. The number of hydrogen-bond donors (Lipinski definition) is 1. The van der Waals surface area contributed by atoms with Crippen LogP contribution >= 0.6 is 23.4 Å². The van der Waals surface area contributed by atoms with E-state index in [0.29, 0.717) is 11.0 Å². The Morgan fingerprint density at radius 2 is 1.97 bits per heavy atom. The number of carbonyl (C=O) groups is 3. The number of aromatic nitrogens is 1. The standard InChI is InChI=1S/C20H17ClF4N4O4S/c1-3-17(31)29(19(32)28(26)10-20(23,24)25)14-8-16(12(21)7-13(14)22)34-15-5-4-6-27-18(15)33-9-11(2)30/h3-8H,1,9-10,26H2,2H3. The van der Waals surface area contributed by atoms with Crippen LogP contribution in [0.1, 0.15) is 6.92 Å². The summed E-state index contributed by atoms with van der Waals surface area (Å²) in [6, 6.07) is 3.20. The number of Topliss-reactive ketones (excluding diaryl/α,β-unsaturated/α-hetero) is 1. The first-order valence-corrected chi connectivity index (χ1v) is 10.4. The molecule has 0 saturated heterocycles.